The van der Waals surface area contributed by atoms with Crippen molar-refractivity contribution in [2.24, 2.45) is 0 Å². The topological polar surface area (TPSA) is 12.0 Å². The summed E-state index contributed by atoms with van der Waals surface area (Å²) in [6.07, 6.45) is 0.786. The zero-order valence-electron chi connectivity index (χ0n) is 11.8. The average Bonchev–Trinajstić information content (AvgIpc) is 2.44. The largest absolute Gasteiger partial charge is 0.310 e. The predicted molar refractivity (Wildman–Crippen MR) is 85.4 cm³/mol. The van der Waals surface area contributed by atoms with Crippen LogP contribution in [-0.4, -0.2) is 6.54 Å². The van der Waals surface area contributed by atoms with Crippen LogP contribution in [0.4, 0.5) is 4.39 Å². The Kier molecular flexibility index (Phi) is 5.32. The summed E-state index contributed by atoms with van der Waals surface area (Å²) in [5.74, 6) is -0.174. The first-order chi connectivity index (χ1) is 9.63. The van der Waals surface area contributed by atoms with Crippen LogP contribution < -0.4 is 5.32 Å². The lowest BCUT2D eigenvalue weighted by Crippen LogP contribution is -2.24. The van der Waals surface area contributed by atoms with Gasteiger partial charge in [-0.15, -0.1) is 0 Å². The fourth-order valence-corrected chi connectivity index (χ4v) is 2.77. The summed E-state index contributed by atoms with van der Waals surface area (Å²) in [6.45, 7) is 4.94. The number of likely N-dealkylation sites (N-methyl/N-ethyl adjacent to an activating group) is 1. The summed E-state index contributed by atoms with van der Waals surface area (Å²) in [4.78, 5) is 0. The van der Waals surface area contributed by atoms with Crippen molar-refractivity contribution >= 4 is 15.9 Å². The molecular weight excluding hydrogens is 317 g/mol. The lowest BCUT2D eigenvalue weighted by molar-refractivity contribution is 0.507. The first-order valence-electron chi connectivity index (χ1n) is 6.85. The molecule has 1 N–H and O–H groups in total. The van der Waals surface area contributed by atoms with Crippen molar-refractivity contribution < 1.29 is 4.39 Å². The van der Waals surface area contributed by atoms with Crippen LogP contribution >= 0.6 is 15.9 Å². The summed E-state index contributed by atoms with van der Waals surface area (Å²) in [5.41, 5.74) is 3.20. The molecule has 0 aliphatic carbocycles. The first-order valence-corrected chi connectivity index (χ1v) is 7.64. The molecular formula is C17H19BrFN. The maximum atomic E-state index is 14.3. The molecule has 2 aromatic carbocycles. The molecule has 0 aliphatic heterocycles. The van der Waals surface area contributed by atoms with E-state index in [2.05, 4.69) is 40.3 Å². The molecule has 0 aromatic heterocycles. The van der Waals surface area contributed by atoms with Gasteiger partial charge in [0.05, 0.1) is 4.47 Å². The highest BCUT2D eigenvalue weighted by Crippen LogP contribution is 2.27. The molecule has 0 saturated heterocycles. The summed E-state index contributed by atoms with van der Waals surface area (Å²) >= 11 is 3.26. The van der Waals surface area contributed by atoms with Crippen LogP contribution in [0.25, 0.3) is 0 Å². The zero-order chi connectivity index (χ0) is 14.5. The molecule has 3 heteroatoms. The third kappa shape index (κ3) is 3.47. The van der Waals surface area contributed by atoms with Gasteiger partial charge in [0.25, 0.3) is 0 Å². The van der Waals surface area contributed by atoms with E-state index < -0.39 is 0 Å². The van der Waals surface area contributed by atoms with Crippen LogP contribution in [0.3, 0.4) is 0 Å². The van der Waals surface area contributed by atoms with E-state index in [1.54, 1.807) is 6.07 Å². The van der Waals surface area contributed by atoms with Crippen molar-refractivity contribution in [2.45, 2.75) is 26.3 Å². The number of rotatable bonds is 5. The summed E-state index contributed by atoms with van der Waals surface area (Å²) in [6, 6.07) is 13.7. The normalized spacial score (nSPS) is 12.4. The van der Waals surface area contributed by atoms with Crippen LogP contribution in [-0.2, 0) is 6.42 Å². The van der Waals surface area contributed by atoms with Crippen molar-refractivity contribution in [3.05, 3.63) is 69.4 Å². The van der Waals surface area contributed by atoms with E-state index in [9.17, 15) is 4.39 Å². The van der Waals surface area contributed by atoms with Crippen molar-refractivity contribution in [3.8, 4) is 0 Å². The van der Waals surface area contributed by atoms with Crippen molar-refractivity contribution in [1.82, 2.24) is 5.32 Å². The minimum Gasteiger partial charge on any atom is -0.310 e. The number of benzene rings is 2. The molecule has 1 unspecified atom stereocenters. The molecule has 2 rings (SSSR count). The highest BCUT2D eigenvalue weighted by atomic mass is 79.9. The first kappa shape index (κ1) is 15.2. The van der Waals surface area contributed by atoms with Gasteiger partial charge < -0.3 is 5.32 Å². The SMILES string of the molecule is CCNC(Cc1ccccc1C)c1cccc(Br)c1F. The Morgan fingerprint density at radius 2 is 1.90 bits per heavy atom. The van der Waals surface area contributed by atoms with E-state index >= 15 is 0 Å². The van der Waals surface area contributed by atoms with Gasteiger partial charge in [0.2, 0.25) is 0 Å². The van der Waals surface area contributed by atoms with Crippen LogP contribution in [0, 0.1) is 12.7 Å². The number of halogens is 2. The van der Waals surface area contributed by atoms with Crippen molar-refractivity contribution in [1.29, 1.82) is 0 Å². The van der Waals surface area contributed by atoms with E-state index in [4.69, 9.17) is 0 Å². The average molecular weight is 336 g/mol. The third-order valence-corrected chi connectivity index (χ3v) is 4.11. The Morgan fingerprint density at radius 3 is 2.60 bits per heavy atom. The molecule has 20 heavy (non-hydrogen) atoms. The standard InChI is InChI=1S/C17H19BrFN/c1-3-20-16(11-13-8-5-4-7-12(13)2)14-9-6-10-15(18)17(14)19/h4-10,16,20H,3,11H2,1-2H3. The molecule has 0 fully saturated rings. The Labute approximate surface area is 128 Å². The van der Waals surface area contributed by atoms with Gasteiger partial charge in [0.1, 0.15) is 5.82 Å². The fourth-order valence-electron chi connectivity index (χ4n) is 2.39. The molecule has 0 spiro atoms. The minimum atomic E-state index is -0.174. The van der Waals surface area contributed by atoms with Gasteiger partial charge in [-0.3, -0.25) is 0 Å². The molecule has 1 atom stereocenters. The number of hydrogen-bond donors (Lipinski definition) is 1. The second-order valence-corrected chi connectivity index (χ2v) is 5.74. The predicted octanol–water partition coefficient (Wildman–Crippen LogP) is 4.79. The van der Waals surface area contributed by atoms with E-state index in [0.29, 0.717) is 10.0 Å². The summed E-state index contributed by atoms with van der Waals surface area (Å²) in [7, 11) is 0. The maximum absolute atomic E-state index is 14.3. The highest BCUT2D eigenvalue weighted by Gasteiger charge is 2.17. The molecule has 0 aliphatic rings. The summed E-state index contributed by atoms with van der Waals surface area (Å²) < 4.78 is 14.8. The second-order valence-electron chi connectivity index (χ2n) is 4.88. The number of nitrogens with one attached hydrogen (secondary N) is 1. The Hall–Kier alpha value is -1.19. The van der Waals surface area contributed by atoms with E-state index in [1.807, 2.05) is 31.2 Å². The smallest absolute Gasteiger partial charge is 0.142 e. The van der Waals surface area contributed by atoms with Crippen molar-refractivity contribution in [3.63, 3.8) is 0 Å². The summed E-state index contributed by atoms with van der Waals surface area (Å²) in [5, 5.41) is 3.38. The Balaban J connectivity index is 2.32. The van der Waals surface area contributed by atoms with Crippen LogP contribution in [0.1, 0.15) is 29.7 Å². The lowest BCUT2D eigenvalue weighted by atomic mass is 9.96. The second kappa shape index (κ2) is 7.00. The molecule has 0 radical (unpaired) electrons. The van der Waals surface area contributed by atoms with Gasteiger partial charge in [-0.1, -0.05) is 43.3 Å². The van der Waals surface area contributed by atoms with Gasteiger partial charge in [-0.25, -0.2) is 4.39 Å². The molecule has 0 heterocycles. The minimum absolute atomic E-state index is 0.0152. The Morgan fingerprint density at radius 1 is 1.15 bits per heavy atom. The number of aryl methyl sites for hydroxylation is 1. The molecule has 0 saturated carbocycles. The molecule has 106 valence electrons. The van der Waals surface area contributed by atoms with Crippen molar-refractivity contribution in [2.75, 3.05) is 6.54 Å². The maximum Gasteiger partial charge on any atom is 0.142 e. The quantitative estimate of drug-likeness (QED) is 0.828. The van der Waals surface area contributed by atoms with Gasteiger partial charge in [-0.2, -0.15) is 0 Å². The van der Waals surface area contributed by atoms with Crippen LogP contribution in [0.5, 0.6) is 0 Å². The zero-order valence-corrected chi connectivity index (χ0v) is 13.4. The van der Waals surface area contributed by atoms with Crippen LogP contribution in [0.15, 0.2) is 46.9 Å². The number of hydrogen-bond acceptors (Lipinski definition) is 1. The lowest BCUT2D eigenvalue weighted by Gasteiger charge is -2.20. The van der Waals surface area contributed by atoms with E-state index in [-0.39, 0.29) is 11.9 Å². The van der Waals surface area contributed by atoms with Gasteiger partial charge >= 0.3 is 0 Å². The molecule has 2 aromatic rings. The van der Waals surface area contributed by atoms with E-state index in [0.717, 1.165) is 13.0 Å². The van der Waals surface area contributed by atoms with Crippen LogP contribution in [0.2, 0.25) is 0 Å². The van der Waals surface area contributed by atoms with E-state index in [1.165, 1.54) is 11.1 Å². The van der Waals surface area contributed by atoms with Gasteiger partial charge in [-0.05, 0) is 53.0 Å². The molecule has 0 amide bonds. The van der Waals surface area contributed by atoms with Gasteiger partial charge in [0.15, 0.2) is 0 Å². The Bertz CT molecular complexity index is 583. The van der Waals surface area contributed by atoms with Gasteiger partial charge in [0, 0.05) is 11.6 Å². The third-order valence-electron chi connectivity index (χ3n) is 3.49. The monoisotopic (exact) mass is 335 g/mol. The molecule has 0 bridgehead atoms. The fraction of sp³-hybridized carbons (Fsp3) is 0.294. The molecule has 1 nitrogen and oxygen atoms in total. The highest BCUT2D eigenvalue weighted by molar-refractivity contribution is 9.10.